The smallest absolute Gasteiger partial charge is 0.335 e. The van der Waals surface area contributed by atoms with Crippen LogP contribution in [0.2, 0.25) is 0 Å². The molecule has 1 N–H and O–H groups in total. The Labute approximate surface area is 163 Å². The summed E-state index contributed by atoms with van der Waals surface area (Å²) >= 11 is 0. The molecule has 0 saturated heterocycles. The van der Waals surface area contributed by atoms with E-state index in [0.717, 1.165) is 16.7 Å². The van der Waals surface area contributed by atoms with Crippen molar-refractivity contribution in [3.63, 3.8) is 0 Å². The molecule has 3 aromatic carbocycles. The first-order valence-electron chi connectivity index (χ1n) is 8.82. The predicted molar refractivity (Wildman–Crippen MR) is 108 cm³/mol. The Morgan fingerprint density at radius 3 is 2.39 bits per heavy atom. The van der Waals surface area contributed by atoms with Crippen LogP contribution in [0.5, 0.6) is 11.5 Å². The van der Waals surface area contributed by atoms with Crippen LogP contribution in [0.4, 0.5) is 0 Å². The molecule has 0 aliphatic heterocycles. The fourth-order valence-electron chi connectivity index (χ4n) is 2.63. The molecule has 0 radical (unpaired) electrons. The van der Waals surface area contributed by atoms with Gasteiger partial charge in [0.15, 0.2) is 11.5 Å². The minimum Gasteiger partial charge on any atom is -0.493 e. The van der Waals surface area contributed by atoms with E-state index in [4.69, 9.17) is 14.6 Å². The summed E-state index contributed by atoms with van der Waals surface area (Å²) < 4.78 is 11.3. The number of aliphatic imine (C=N–C) groups is 1. The summed E-state index contributed by atoms with van der Waals surface area (Å²) in [5, 5.41) is 8.95. The molecule has 3 rings (SSSR count). The van der Waals surface area contributed by atoms with Gasteiger partial charge in [-0.25, -0.2) is 4.79 Å². The Hall–Kier alpha value is -3.60. The van der Waals surface area contributed by atoms with E-state index >= 15 is 0 Å². The Kier molecular flexibility index (Phi) is 6.41. The predicted octanol–water partition coefficient (Wildman–Crippen LogP) is 4.59. The van der Waals surface area contributed by atoms with Crippen LogP contribution in [0.25, 0.3) is 0 Å². The van der Waals surface area contributed by atoms with Crippen molar-refractivity contribution in [1.82, 2.24) is 0 Å². The number of carboxylic acids is 1. The van der Waals surface area contributed by atoms with Gasteiger partial charge in [0.2, 0.25) is 0 Å². The molecule has 5 nitrogen and oxygen atoms in total. The molecular weight excluding hydrogens is 354 g/mol. The van der Waals surface area contributed by atoms with Crippen molar-refractivity contribution in [2.24, 2.45) is 4.99 Å². The molecule has 28 heavy (non-hydrogen) atoms. The second-order valence-electron chi connectivity index (χ2n) is 6.16. The Morgan fingerprint density at radius 1 is 0.964 bits per heavy atom. The standard InChI is InChI=1S/C23H21NO4/c1-27-22-13-19(15-24-14-17-5-3-2-4-6-17)9-12-21(22)28-16-18-7-10-20(11-8-18)23(25)26/h2-13,15H,14,16H2,1H3,(H,25,26). The SMILES string of the molecule is COc1cc(C=NCc2ccccc2)ccc1OCc1ccc(C(=O)O)cc1. The second kappa shape index (κ2) is 9.37. The topological polar surface area (TPSA) is 68.1 Å². The number of ether oxygens (including phenoxy) is 2. The van der Waals surface area contributed by atoms with Gasteiger partial charge in [0, 0.05) is 6.21 Å². The third kappa shape index (κ3) is 5.20. The van der Waals surface area contributed by atoms with Crippen LogP contribution in [-0.2, 0) is 13.2 Å². The maximum absolute atomic E-state index is 10.9. The Bertz CT molecular complexity index is 950. The third-order valence-corrected chi connectivity index (χ3v) is 4.14. The maximum atomic E-state index is 10.9. The first-order chi connectivity index (χ1) is 13.7. The number of methoxy groups -OCH3 is 1. The van der Waals surface area contributed by atoms with Gasteiger partial charge in [-0.2, -0.15) is 0 Å². The van der Waals surface area contributed by atoms with E-state index in [1.54, 1.807) is 31.4 Å². The molecule has 0 unspecified atom stereocenters. The fraction of sp³-hybridized carbons (Fsp3) is 0.130. The summed E-state index contributed by atoms with van der Waals surface area (Å²) in [7, 11) is 1.59. The monoisotopic (exact) mass is 375 g/mol. The van der Waals surface area contributed by atoms with Crippen LogP contribution < -0.4 is 9.47 Å². The van der Waals surface area contributed by atoms with Gasteiger partial charge in [-0.15, -0.1) is 0 Å². The highest BCUT2D eigenvalue weighted by atomic mass is 16.5. The Balaban J connectivity index is 1.63. The van der Waals surface area contributed by atoms with Crippen molar-refractivity contribution in [3.8, 4) is 11.5 Å². The number of hydrogen-bond donors (Lipinski definition) is 1. The average Bonchev–Trinajstić information content (AvgIpc) is 2.73. The molecule has 0 fully saturated rings. The van der Waals surface area contributed by atoms with Gasteiger partial charge in [-0.1, -0.05) is 42.5 Å². The lowest BCUT2D eigenvalue weighted by Gasteiger charge is -2.11. The van der Waals surface area contributed by atoms with Crippen molar-refractivity contribution in [3.05, 3.63) is 95.1 Å². The quantitative estimate of drug-likeness (QED) is 0.585. The summed E-state index contributed by atoms with van der Waals surface area (Å²) in [5.74, 6) is 0.287. The summed E-state index contributed by atoms with van der Waals surface area (Å²) in [4.78, 5) is 15.4. The zero-order valence-corrected chi connectivity index (χ0v) is 15.5. The molecule has 0 aromatic heterocycles. The molecule has 142 valence electrons. The molecule has 0 amide bonds. The largest absolute Gasteiger partial charge is 0.493 e. The highest BCUT2D eigenvalue weighted by molar-refractivity contribution is 5.87. The number of hydrogen-bond acceptors (Lipinski definition) is 4. The minimum absolute atomic E-state index is 0.250. The van der Waals surface area contributed by atoms with Crippen molar-refractivity contribution in [1.29, 1.82) is 0 Å². The number of benzene rings is 3. The number of aromatic carboxylic acids is 1. The molecule has 0 aliphatic carbocycles. The van der Waals surface area contributed by atoms with Crippen molar-refractivity contribution >= 4 is 12.2 Å². The van der Waals surface area contributed by atoms with Crippen LogP contribution in [0, 0.1) is 0 Å². The average molecular weight is 375 g/mol. The highest BCUT2D eigenvalue weighted by Gasteiger charge is 2.07. The highest BCUT2D eigenvalue weighted by Crippen LogP contribution is 2.28. The lowest BCUT2D eigenvalue weighted by atomic mass is 10.1. The summed E-state index contributed by atoms with van der Waals surface area (Å²) in [6.45, 7) is 0.936. The van der Waals surface area contributed by atoms with Gasteiger partial charge in [0.05, 0.1) is 19.2 Å². The maximum Gasteiger partial charge on any atom is 0.335 e. The molecule has 0 aliphatic rings. The zero-order chi connectivity index (χ0) is 19.8. The van der Waals surface area contributed by atoms with Crippen LogP contribution in [0.1, 0.15) is 27.0 Å². The van der Waals surface area contributed by atoms with Crippen molar-refractivity contribution in [2.45, 2.75) is 13.2 Å². The second-order valence-corrected chi connectivity index (χ2v) is 6.16. The molecular formula is C23H21NO4. The number of carboxylic acid groups (broad SMARTS) is 1. The lowest BCUT2D eigenvalue weighted by Crippen LogP contribution is -2.00. The lowest BCUT2D eigenvalue weighted by molar-refractivity contribution is 0.0697. The first-order valence-corrected chi connectivity index (χ1v) is 8.82. The van der Waals surface area contributed by atoms with Gasteiger partial charge in [-0.05, 0) is 47.0 Å². The van der Waals surface area contributed by atoms with E-state index in [-0.39, 0.29) is 5.56 Å². The third-order valence-electron chi connectivity index (χ3n) is 4.14. The van der Waals surface area contributed by atoms with Crippen LogP contribution >= 0.6 is 0 Å². The number of rotatable bonds is 8. The van der Waals surface area contributed by atoms with E-state index in [1.165, 1.54) is 0 Å². The van der Waals surface area contributed by atoms with Gasteiger partial charge >= 0.3 is 5.97 Å². The molecule has 3 aromatic rings. The molecule has 5 heteroatoms. The Morgan fingerprint density at radius 2 is 1.71 bits per heavy atom. The van der Waals surface area contributed by atoms with Gasteiger partial charge < -0.3 is 14.6 Å². The summed E-state index contributed by atoms with van der Waals surface area (Å²) in [6.07, 6.45) is 1.81. The molecule has 0 bridgehead atoms. The van der Waals surface area contributed by atoms with E-state index in [0.29, 0.717) is 24.7 Å². The molecule has 0 heterocycles. The van der Waals surface area contributed by atoms with Gasteiger partial charge in [-0.3, -0.25) is 4.99 Å². The van der Waals surface area contributed by atoms with Crippen LogP contribution in [-0.4, -0.2) is 24.4 Å². The number of carbonyl (C=O) groups is 1. The van der Waals surface area contributed by atoms with Gasteiger partial charge in [0.25, 0.3) is 0 Å². The molecule has 0 spiro atoms. The van der Waals surface area contributed by atoms with E-state index in [1.807, 2.05) is 54.7 Å². The van der Waals surface area contributed by atoms with Crippen molar-refractivity contribution < 1.29 is 19.4 Å². The van der Waals surface area contributed by atoms with E-state index in [9.17, 15) is 4.79 Å². The first kappa shape index (κ1) is 19.2. The molecule has 0 atom stereocenters. The molecule has 0 saturated carbocycles. The summed E-state index contributed by atoms with van der Waals surface area (Å²) in [6, 6.07) is 22.3. The normalized spacial score (nSPS) is 10.8. The van der Waals surface area contributed by atoms with E-state index < -0.39 is 5.97 Å². The van der Waals surface area contributed by atoms with Crippen molar-refractivity contribution in [2.75, 3.05) is 7.11 Å². The zero-order valence-electron chi connectivity index (χ0n) is 15.5. The van der Waals surface area contributed by atoms with Crippen LogP contribution in [0.3, 0.4) is 0 Å². The van der Waals surface area contributed by atoms with E-state index in [2.05, 4.69) is 4.99 Å². The summed E-state index contributed by atoms with van der Waals surface area (Å²) in [5.41, 5.74) is 3.20. The van der Waals surface area contributed by atoms with Crippen LogP contribution in [0.15, 0.2) is 77.8 Å². The minimum atomic E-state index is -0.946. The van der Waals surface area contributed by atoms with Gasteiger partial charge in [0.1, 0.15) is 6.61 Å². The number of nitrogens with zero attached hydrogens (tertiary/aromatic N) is 1. The fourth-order valence-corrected chi connectivity index (χ4v) is 2.63.